The van der Waals surface area contributed by atoms with Crippen LogP contribution in [-0.2, 0) is 0 Å². The summed E-state index contributed by atoms with van der Waals surface area (Å²) in [6, 6.07) is 2.61. The molecule has 2 N–H and O–H groups in total. The van der Waals surface area contributed by atoms with Gasteiger partial charge in [-0.2, -0.15) is 0 Å². The van der Waals surface area contributed by atoms with Crippen LogP contribution < -0.4 is 5.73 Å². The van der Waals surface area contributed by atoms with Gasteiger partial charge in [0.2, 0.25) is 0 Å². The Hall–Kier alpha value is -0.450. The highest BCUT2D eigenvalue weighted by Crippen LogP contribution is 2.35. The monoisotopic (exact) mass is 297 g/mol. The molecule has 1 aliphatic rings. The molecule has 0 saturated carbocycles. The summed E-state index contributed by atoms with van der Waals surface area (Å²) >= 11 is 3.50. The number of pyridine rings is 1. The van der Waals surface area contributed by atoms with Gasteiger partial charge in [0.15, 0.2) is 0 Å². The van der Waals surface area contributed by atoms with Gasteiger partial charge in [0.1, 0.15) is 0 Å². The molecule has 0 amide bonds. The normalized spacial score (nSPS) is 26.1. The van der Waals surface area contributed by atoms with Crippen molar-refractivity contribution >= 4 is 15.9 Å². The Labute approximate surface area is 112 Å². The fraction of sp³-hybridized carbons (Fsp3) is 0.615. The molecule has 1 aromatic rings. The van der Waals surface area contributed by atoms with Gasteiger partial charge in [0.05, 0.1) is 0 Å². The van der Waals surface area contributed by atoms with E-state index < -0.39 is 0 Å². The van der Waals surface area contributed by atoms with Crippen LogP contribution in [0.2, 0.25) is 0 Å². The van der Waals surface area contributed by atoms with Gasteiger partial charge in [0.25, 0.3) is 0 Å². The Morgan fingerprint density at radius 2 is 2.35 bits per heavy atom. The molecule has 2 atom stereocenters. The molecule has 1 fully saturated rings. The first-order valence-electron chi connectivity index (χ1n) is 6.30. The van der Waals surface area contributed by atoms with E-state index in [1.165, 1.54) is 24.9 Å². The number of nitrogens with two attached hydrogens (primary N) is 1. The van der Waals surface area contributed by atoms with Gasteiger partial charge in [0, 0.05) is 22.9 Å². The van der Waals surface area contributed by atoms with E-state index >= 15 is 0 Å². The lowest BCUT2D eigenvalue weighted by Gasteiger charge is -2.40. The van der Waals surface area contributed by atoms with E-state index in [4.69, 9.17) is 5.73 Å². The van der Waals surface area contributed by atoms with Crippen molar-refractivity contribution in [1.82, 2.24) is 9.88 Å². The first kappa shape index (κ1) is 13.0. The van der Waals surface area contributed by atoms with Crippen LogP contribution >= 0.6 is 15.9 Å². The third-order valence-corrected chi connectivity index (χ3v) is 4.07. The van der Waals surface area contributed by atoms with Crippen molar-refractivity contribution in [3.8, 4) is 0 Å². The summed E-state index contributed by atoms with van der Waals surface area (Å²) in [5.41, 5.74) is 7.22. The van der Waals surface area contributed by atoms with Gasteiger partial charge in [-0.05, 0) is 66.0 Å². The Morgan fingerprint density at radius 1 is 1.53 bits per heavy atom. The summed E-state index contributed by atoms with van der Waals surface area (Å²) < 4.78 is 1.05. The fourth-order valence-corrected chi connectivity index (χ4v) is 3.21. The number of aromatic nitrogens is 1. The summed E-state index contributed by atoms with van der Waals surface area (Å²) in [4.78, 5) is 6.80. The van der Waals surface area contributed by atoms with Crippen molar-refractivity contribution in [1.29, 1.82) is 0 Å². The second kappa shape index (κ2) is 5.94. The maximum atomic E-state index is 5.93. The molecule has 2 rings (SSSR count). The van der Waals surface area contributed by atoms with Crippen LogP contribution in [0.4, 0.5) is 0 Å². The van der Waals surface area contributed by atoms with E-state index in [-0.39, 0.29) is 0 Å². The molecule has 4 heteroatoms. The summed E-state index contributed by atoms with van der Waals surface area (Å²) in [6.45, 7) is 5.23. The second-order valence-electron chi connectivity index (χ2n) is 4.65. The highest BCUT2D eigenvalue weighted by atomic mass is 79.9. The average Bonchev–Trinajstić information content (AvgIpc) is 2.37. The van der Waals surface area contributed by atoms with Crippen molar-refractivity contribution in [3.05, 3.63) is 28.5 Å². The first-order valence-corrected chi connectivity index (χ1v) is 7.10. The van der Waals surface area contributed by atoms with E-state index in [9.17, 15) is 0 Å². The molecule has 1 saturated heterocycles. The lowest BCUT2D eigenvalue weighted by molar-refractivity contribution is 0.102. The molecule has 94 valence electrons. The smallest absolute Gasteiger partial charge is 0.0410 e. The van der Waals surface area contributed by atoms with E-state index in [1.807, 2.05) is 12.4 Å². The van der Waals surface area contributed by atoms with Crippen LogP contribution in [0.15, 0.2) is 22.9 Å². The largest absolute Gasteiger partial charge is 0.330 e. The van der Waals surface area contributed by atoms with Gasteiger partial charge < -0.3 is 5.73 Å². The summed E-state index contributed by atoms with van der Waals surface area (Å²) in [5, 5.41) is 0. The Morgan fingerprint density at radius 3 is 3.00 bits per heavy atom. The fourth-order valence-electron chi connectivity index (χ4n) is 2.83. The van der Waals surface area contributed by atoms with Crippen LogP contribution in [0, 0.1) is 5.92 Å². The zero-order chi connectivity index (χ0) is 12.3. The maximum Gasteiger partial charge on any atom is 0.0410 e. The number of likely N-dealkylation sites (tertiary alicyclic amines) is 1. The van der Waals surface area contributed by atoms with Gasteiger partial charge >= 0.3 is 0 Å². The van der Waals surface area contributed by atoms with Crippen molar-refractivity contribution in [3.63, 3.8) is 0 Å². The highest BCUT2D eigenvalue weighted by molar-refractivity contribution is 9.10. The standard InChI is InChI=1S/C13H20BrN3/c1-2-17-5-3-4-10(7-15)13(17)11-6-12(14)9-16-8-11/h6,8-10,13H,2-5,7,15H2,1H3. The Kier molecular flexibility index (Phi) is 4.54. The molecule has 0 bridgehead atoms. The number of piperidine rings is 1. The first-order chi connectivity index (χ1) is 8.26. The minimum absolute atomic E-state index is 0.434. The summed E-state index contributed by atoms with van der Waals surface area (Å²) in [7, 11) is 0. The molecule has 1 aliphatic heterocycles. The predicted octanol–water partition coefficient (Wildman–Crippen LogP) is 2.58. The van der Waals surface area contributed by atoms with Crippen LogP contribution in [0.1, 0.15) is 31.4 Å². The van der Waals surface area contributed by atoms with Gasteiger partial charge in [-0.15, -0.1) is 0 Å². The van der Waals surface area contributed by atoms with E-state index in [2.05, 4.69) is 38.8 Å². The zero-order valence-corrected chi connectivity index (χ0v) is 11.9. The number of nitrogens with zero attached hydrogens (tertiary/aromatic N) is 2. The zero-order valence-electron chi connectivity index (χ0n) is 10.3. The maximum absolute atomic E-state index is 5.93. The van der Waals surface area contributed by atoms with Crippen molar-refractivity contribution in [2.45, 2.75) is 25.8 Å². The van der Waals surface area contributed by atoms with Crippen molar-refractivity contribution < 1.29 is 0 Å². The predicted molar refractivity (Wildman–Crippen MR) is 73.7 cm³/mol. The van der Waals surface area contributed by atoms with Crippen molar-refractivity contribution in [2.75, 3.05) is 19.6 Å². The van der Waals surface area contributed by atoms with Gasteiger partial charge in [-0.1, -0.05) is 6.92 Å². The van der Waals surface area contributed by atoms with Crippen LogP contribution in [0.3, 0.4) is 0 Å². The summed E-state index contributed by atoms with van der Waals surface area (Å²) in [5.74, 6) is 0.555. The average molecular weight is 298 g/mol. The van der Waals surface area contributed by atoms with Gasteiger partial charge in [-0.3, -0.25) is 9.88 Å². The number of rotatable bonds is 3. The molecule has 0 aromatic carbocycles. The second-order valence-corrected chi connectivity index (χ2v) is 5.56. The van der Waals surface area contributed by atoms with E-state index in [0.29, 0.717) is 12.0 Å². The minimum Gasteiger partial charge on any atom is -0.330 e. The van der Waals surface area contributed by atoms with Crippen LogP contribution in [0.5, 0.6) is 0 Å². The summed E-state index contributed by atoms with van der Waals surface area (Å²) in [6.07, 6.45) is 6.30. The molecule has 0 spiro atoms. The molecule has 3 nitrogen and oxygen atoms in total. The van der Waals surface area contributed by atoms with Crippen LogP contribution in [-0.4, -0.2) is 29.5 Å². The van der Waals surface area contributed by atoms with E-state index in [0.717, 1.165) is 17.6 Å². The third-order valence-electron chi connectivity index (χ3n) is 3.64. The Balaban J connectivity index is 2.29. The third kappa shape index (κ3) is 2.87. The minimum atomic E-state index is 0.434. The highest BCUT2D eigenvalue weighted by Gasteiger charge is 2.31. The molecular formula is C13H20BrN3. The van der Waals surface area contributed by atoms with E-state index in [1.54, 1.807) is 0 Å². The quantitative estimate of drug-likeness (QED) is 0.932. The molecule has 17 heavy (non-hydrogen) atoms. The molecular weight excluding hydrogens is 278 g/mol. The SMILES string of the molecule is CCN1CCCC(CN)C1c1cncc(Br)c1. The Bertz CT molecular complexity index is 357. The molecule has 2 unspecified atom stereocenters. The van der Waals surface area contributed by atoms with Crippen LogP contribution in [0.25, 0.3) is 0 Å². The van der Waals surface area contributed by atoms with Gasteiger partial charge in [-0.25, -0.2) is 0 Å². The molecule has 0 radical (unpaired) electrons. The topological polar surface area (TPSA) is 42.1 Å². The number of halogens is 1. The molecule has 2 heterocycles. The lowest BCUT2D eigenvalue weighted by Crippen LogP contribution is -2.41. The molecule has 0 aliphatic carbocycles. The van der Waals surface area contributed by atoms with Crippen molar-refractivity contribution in [2.24, 2.45) is 11.7 Å². The number of hydrogen-bond acceptors (Lipinski definition) is 3. The number of hydrogen-bond donors (Lipinski definition) is 1. The lowest BCUT2D eigenvalue weighted by atomic mass is 9.85. The molecule has 1 aromatic heterocycles.